The Morgan fingerprint density at radius 2 is 1.86 bits per heavy atom. The highest BCUT2D eigenvalue weighted by Gasteiger charge is 2.16. The molecular weight excluding hydrogens is 370 g/mol. The fraction of sp³-hybridized carbons (Fsp3) is 0.273. The van der Waals surface area contributed by atoms with Crippen LogP contribution in [0.25, 0.3) is 0 Å². The lowest BCUT2D eigenvalue weighted by Crippen LogP contribution is -2.35. The molecule has 0 aliphatic heterocycles. The van der Waals surface area contributed by atoms with E-state index in [1.165, 1.54) is 0 Å². The van der Waals surface area contributed by atoms with E-state index in [1.807, 2.05) is 68.9 Å². The van der Waals surface area contributed by atoms with E-state index >= 15 is 0 Å². The predicted octanol–water partition coefficient (Wildman–Crippen LogP) is 4.06. The zero-order valence-corrected chi connectivity index (χ0v) is 17.2. The van der Waals surface area contributed by atoms with Gasteiger partial charge in [-0.3, -0.25) is 4.79 Å². The highest BCUT2D eigenvalue weighted by Crippen LogP contribution is 2.18. The summed E-state index contributed by atoms with van der Waals surface area (Å²) in [7, 11) is 4.00. The summed E-state index contributed by atoms with van der Waals surface area (Å²) in [6, 6.07) is 17.1. The first-order chi connectivity index (χ1) is 13.5. The van der Waals surface area contributed by atoms with Gasteiger partial charge < -0.3 is 15.0 Å². The van der Waals surface area contributed by atoms with Gasteiger partial charge in [0.25, 0.3) is 5.91 Å². The molecule has 0 spiro atoms. The minimum atomic E-state index is -0.0996. The zero-order chi connectivity index (χ0) is 19.9. The van der Waals surface area contributed by atoms with Gasteiger partial charge in [-0.05, 0) is 50.8 Å². The minimum absolute atomic E-state index is 0.0764. The third-order valence-corrected chi connectivity index (χ3v) is 5.05. The molecule has 0 aliphatic rings. The van der Waals surface area contributed by atoms with E-state index < -0.39 is 0 Å². The maximum absolute atomic E-state index is 12.7. The second kappa shape index (κ2) is 9.48. The number of nitrogens with one attached hydrogen (secondary N) is 1. The van der Waals surface area contributed by atoms with Crippen molar-refractivity contribution in [3.63, 3.8) is 0 Å². The topological polar surface area (TPSA) is 54.5 Å². The van der Waals surface area contributed by atoms with Gasteiger partial charge in [-0.15, -0.1) is 11.3 Å². The number of carbonyl (C=O) groups is 1. The second-order valence-corrected chi connectivity index (χ2v) is 7.93. The number of benzene rings is 2. The van der Waals surface area contributed by atoms with E-state index in [0.29, 0.717) is 12.2 Å². The third-order valence-electron chi connectivity index (χ3n) is 4.22. The summed E-state index contributed by atoms with van der Waals surface area (Å²) >= 11 is 1.61. The number of amides is 1. The maximum Gasteiger partial charge on any atom is 0.251 e. The lowest BCUT2D eigenvalue weighted by molar-refractivity contribution is 0.0930. The van der Waals surface area contributed by atoms with Gasteiger partial charge in [0.05, 0.1) is 16.7 Å². The molecule has 6 heteroatoms. The van der Waals surface area contributed by atoms with Crippen molar-refractivity contribution in [3.05, 3.63) is 81.8 Å². The van der Waals surface area contributed by atoms with Gasteiger partial charge in [-0.25, -0.2) is 4.98 Å². The van der Waals surface area contributed by atoms with E-state index in [4.69, 9.17) is 4.74 Å². The molecule has 1 N–H and O–H groups in total. The van der Waals surface area contributed by atoms with Crippen molar-refractivity contribution < 1.29 is 9.53 Å². The van der Waals surface area contributed by atoms with Gasteiger partial charge in [0.15, 0.2) is 0 Å². The van der Waals surface area contributed by atoms with Crippen LogP contribution in [0, 0.1) is 6.92 Å². The quantitative estimate of drug-likeness (QED) is 0.625. The Hall–Kier alpha value is -2.70. The molecular formula is C22H25N3O2S. The van der Waals surface area contributed by atoms with Crippen LogP contribution in [0.2, 0.25) is 0 Å². The number of hydrogen-bond acceptors (Lipinski definition) is 5. The maximum atomic E-state index is 12.7. The first kappa shape index (κ1) is 20.0. The number of thiazole rings is 1. The molecule has 0 saturated carbocycles. The Morgan fingerprint density at radius 3 is 2.46 bits per heavy atom. The smallest absolute Gasteiger partial charge is 0.251 e. The molecule has 3 aromatic rings. The molecule has 3 rings (SSSR count). The fourth-order valence-electron chi connectivity index (χ4n) is 2.86. The van der Waals surface area contributed by atoms with Gasteiger partial charge in [0.2, 0.25) is 0 Å². The van der Waals surface area contributed by atoms with Crippen LogP contribution in [0.5, 0.6) is 5.75 Å². The van der Waals surface area contributed by atoms with Gasteiger partial charge >= 0.3 is 0 Å². The summed E-state index contributed by atoms with van der Waals surface area (Å²) in [4.78, 5) is 19.2. The molecule has 1 heterocycles. The van der Waals surface area contributed by atoms with Crippen LogP contribution < -0.4 is 10.1 Å². The summed E-state index contributed by atoms with van der Waals surface area (Å²) in [5.41, 5.74) is 2.61. The Kier molecular flexibility index (Phi) is 6.79. The molecule has 2 aromatic carbocycles. The Bertz CT molecular complexity index is 892. The van der Waals surface area contributed by atoms with Gasteiger partial charge in [-0.2, -0.15) is 0 Å². The number of rotatable bonds is 8. The summed E-state index contributed by atoms with van der Waals surface area (Å²) in [5, 5.41) is 6.15. The summed E-state index contributed by atoms with van der Waals surface area (Å²) in [5.74, 6) is 0.618. The standard InChI is InChI=1S/C22H25N3O2S/c1-16-23-19(15-28-16)14-27-20-11-9-18(10-12-20)22(26)24-21(13-25(2)3)17-7-5-4-6-8-17/h4-12,15,21H,13-14H2,1-3H3,(H,24,26)/t21-/m1/s1. The number of nitrogens with zero attached hydrogens (tertiary/aromatic N) is 2. The van der Waals surface area contributed by atoms with E-state index in [-0.39, 0.29) is 11.9 Å². The Morgan fingerprint density at radius 1 is 1.14 bits per heavy atom. The largest absolute Gasteiger partial charge is 0.487 e. The summed E-state index contributed by atoms with van der Waals surface area (Å²) < 4.78 is 5.75. The van der Waals surface area contributed by atoms with Gasteiger partial charge in [0, 0.05) is 17.5 Å². The third kappa shape index (κ3) is 5.65. The van der Waals surface area contributed by atoms with Gasteiger partial charge in [0.1, 0.15) is 12.4 Å². The molecule has 0 fully saturated rings. The molecule has 0 aliphatic carbocycles. The van der Waals surface area contributed by atoms with Crippen molar-refractivity contribution in [2.24, 2.45) is 0 Å². The monoisotopic (exact) mass is 395 g/mol. The molecule has 0 radical (unpaired) electrons. The first-order valence-corrected chi connectivity index (χ1v) is 10.0. The normalized spacial score (nSPS) is 12.0. The van der Waals surface area contributed by atoms with Crippen LogP contribution in [-0.4, -0.2) is 36.4 Å². The summed E-state index contributed by atoms with van der Waals surface area (Å²) in [6.07, 6.45) is 0. The van der Waals surface area contributed by atoms with Crippen LogP contribution in [0.4, 0.5) is 0 Å². The average Bonchev–Trinajstić information content (AvgIpc) is 3.12. The molecule has 1 amide bonds. The highest BCUT2D eigenvalue weighted by atomic mass is 32.1. The number of aromatic nitrogens is 1. The molecule has 0 unspecified atom stereocenters. The first-order valence-electron chi connectivity index (χ1n) is 9.15. The van der Waals surface area contributed by atoms with E-state index in [9.17, 15) is 4.79 Å². The van der Waals surface area contributed by atoms with E-state index in [1.54, 1.807) is 23.5 Å². The van der Waals surface area contributed by atoms with Crippen molar-refractivity contribution >= 4 is 17.2 Å². The average molecular weight is 396 g/mol. The van der Waals surface area contributed by atoms with E-state index in [2.05, 4.69) is 15.2 Å². The molecule has 0 saturated heterocycles. The van der Waals surface area contributed by atoms with Crippen molar-refractivity contribution in [1.29, 1.82) is 0 Å². The van der Waals surface area contributed by atoms with Crippen LogP contribution in [0.1, 0.15) is 32.7 Å². The van der Waals surface area contributed by atoms with Crippen molar-refractivity contribution in [1.82, 2.24) is 15.2 Å². The molecule has 0 bridgehead atoms. The Labute approximate surface area is 170 Å². The fourth-order valence-corrected chi connectivity index (χ4v) is 3.46. The van der Waals surface area contributed by atoms with Crippen LogP contribution in [-0.2, 0) is 6.61 Å². The van der Waals surface area contributed by atoms with Crippen molar-refractivity contribution in [2.75, 3.05) is 20.6 Å². The number of carbonyl (C=O) groups excluding carboxylic acids is 1. The van der Waals surface area contributed by atoms with Gasteiger partial charge in [-0.1, -0.05) is 30.3 Å². The number of aryl methyl sites for hydroxylation is 1. The molecule has 5 nitrogen and oxygen atoms in total. The molecule has 1 aromatic heterocycles. The molecule has 146 valence electrons. The Balaban J connectivity index is 1.62. The lowest BCUT2D eigenvalue weighted by atomic mass is 10.1. The zero-order valence-electron chi connectivity index (χ0n) is 16.4. The lowest BCUT2D eigenvalue weighted by Gasteiger charge is -2.23. The minimum Gasteiger partial charge on any atom is -0.487 e. The number of hydrogen-bond donors (Lipinski definition) is 1. The predicted molar refractivity (Wildman–Crippen MR) is 113 cm³/mol. The van der Waals surface area contributed by atoms with E-state index in [0.717, 1.165) is 28.6 Å². The SMILES string of the molecule is Cc1nc(COc2ccc(C(=O)N[C@H](CN(C)C)c3ccccc3)cc2)cs1. The summed E-state index contributed by atoms with van der Waals surface area (Å²) in [6.45, 7) is 3.12. The van der Waals surface area contributed by atoms with Crippen LogP contribution in [0.3, 0.4) is 0 Å². The second-order valence-electron chi connectivity index (χ2n) is 6.87. The number of ether oxygens (including phenoxy) is 1. The van der Waals surface area contributed by atoms with Crippen molar-refractivity contribution in [3.8, 4) is 5.75 Å². The van der Waals surface area contributed by atoms with Crippen molar-refractivity contribution in [2.45, 2.75) is 19.6 Å². The van der Waals surface area contributed by atoms with Crippen LogP contribution >= 0.6 is 11.3 Å². The highest BCUT2D eigenvalue weighted by molar-refractivity contribution is 7.09. The number of likely N-dealkylation sites (N-methyl/N-ethyl adjacent to an activating group) is 1. The molecule has 28 heavy (non-hydrogen) atoms. The molecule has 1 atom stereocenters. The van der Waals surface area contributed by atoms with Crippen LogP contribution in [0.15, 0.2) is 60.0 Å².